The molecule has 0 unspecified atom stereocenters. The van der Waals surface area contributed by atoms with Gasteiger partial charge >= 0.3 is 0 Å². The Kier molecular flexibility index (Phi) is 4.53. The second-order valence-corrected chi connectivity index (χ2v) is 3.40. The van der Waals surface area contributed by atoms with Crippen LogP contribution in [0.2, 0.25) is 0 Å². The summed E-state index contributed by atoms with van der Waals surface area (Å²) in [5.41, 5.74) is -0.711. The van der Waals surface area contributed by atoms with Gasteiger partial charge in [-0.05, 0) is 13.0 Å². The Morgan fingerprint density at radius 1 is 1.61 bits per heavy atom. The van der Waals surface area contributed by atoms with Gasteiger partial charge in [-0.15, -0.1) is 0 Å². The highest BCUT2D eigenvalue weighted by Gasteiger charge is 2.15. The molecule has 1 heterocycles. The van der Waals surface area contributed by atoms with Crippen molar-refractivity contribution >= 4 is 5.78 Å². The van der Waals surface area contributed by atoms with E-state index >= 15 is 0 Å². The van der Waals surface area contributed by atoms with E-state index in [9.17, 15) is 13.6 Å². The molecule has 0 spiro atoms. The fraction of sp³-hybridized carbons (Fsp3) is 0.167. The molecule has 0 aliphatic carbocycles. The predicted molar refractivity (Wildman–Crippen MR) is 60.8 cm³/mol. The van der Waals surface area contributed by atoms with Gasteiger partial charge in [-0.1, -0.05) is 12.7 Å². The summed E-state index contributed by atoms with van der Waals surface area (Å²) < 4.78 is 31.9. The van der Waals surface area contributed by atoms with Gasteiger partial charge in [-0.3, -0.25) is 14.8 Å². The fourth-order valence-corrected chi connectivity index (χ4v) is 1.20. The van der Waals surface area contributed by atoms with Crippen LogP contribution in [0.15, 0.2) is 52.8 Å². The highest BCUT2D eigenvalue weighted by molar-refractivity contribution is 5.99. The van der Waals surface area contributed by atoms with Crippen LogP contribution in [0.3, 0.4) is 0 Å². The van der Waals surface area contributed by atoms with Crippen molar-refractivity contribution in [2.24, 2.45) is 0 Å². The summed E-state index contributed by atoms with van der Waals surface area (Å²) >= 11 is 0. The topological polar surface area (TPSA) is 59.0 Å². The zero-order chi connectivity index (χ0) is 13.7. The standard InChI is InChI=1S/C12H12F2N2O2/c1-3-9(14)6-10(8(2)13)11(17)7-16-4-5-18-12(16)15/h3-6,15H,2,7H2,1H3/b9-3+,10-6+,15-12?. The van der Waals surface area contributed by atoms with E-state index in [1.165, 1.54) is 19.4 Å². The van der Waals surface area contributed by atoms with Crippen molar-refractivity contribution in [2.45, 2.75) is 13.5 Å². The smallest absolute Gasteiger partial charge is 0.294 e. The summed E-state index contributed by atoms with van der Waals surface area (Å²) in [6, 6.07) is 0. The monoisotopic (exact) mass is 254 g/mol. The molecule has 96 valence electrons. The normalized spacial score (nSPS) is 12.6. The molecule has 0 bridgehead atoms. The van der Waals surface area contributed by atoms with Crippen LogP contribution in [0.5, 0.6) is 0 Å². The number of hydrogen-bond acceptors (Lipinski definition) is 3. The van der Waals surface area contributed by atoms with Crippen LogP contribution in [0, 0.1) is 5.41 Å². The lowest BCUT2D eigenvalue weighted by molar-refractivity contribution is -0.116. The van der Waals surface area contributed by atoms with E-state index in [2.05, 4.69) is 11.0 Å². The van der Waals surface area contributed by atoms with Crippen LogP contribution in [0.1, 0.15) is 6.92 Å². The van der Waals surface area contributed by atoms with Crippen LogP contribution >= 0.6 is 0 Å². The largest absolute Gasteiger partial charge is 0.432 e. The Morgan fingerprint density at radius 2 is 2.28 bits per heavy atom. The van der Waals surface area contributed by atoms with Crippen LogP contribution in [0.25, 0.3) is 0 Å². The summed E-state index contributed by atoms with van der Waals surface area (Å²) in [4.78, 5) is 11.7. The summed E-state index contributed by atoms with van der Waals surface area (Å²) in [7, 11) is 0. The molecule has 0 aliphatic rings. The van der Waals surface area contributed by atoms with Crippen molar-refractivity contribution in [3.05, 3.63) is 54.1 Å². The van der Waals surface area contributed by atoms with Gasteiger partial charge in [0.15, 0.2) is 5.78 Å². The lowest BCUT2D eigenvalue weighted by atomic mass is 10.1. The van der Waals surface area contributed by atoms with Gasteiger partial charge in [0.1, 0.15) is 17.9 Å². The molecule has 0 radical (unpaired) electrons. The number of hydrogen-bond donors (Lipinski definition) is 1. The summed E-state index contributed by atoms with van der Waals surface area (Å²) in [5.74, 6) is -2.45. The molecule has 0 atom stereocenters. The lowest BCUT2D eigenvalue weighted by Crippen LogP contribution is -2.21. The summed E-state index contributed by atoms with van der Waals surface area (Å²) in [6.45, 7) is 4.09. The molecule has 4 nitrogen and oxygen atoms in total. The van der Waals surface area contributed by atoms with E-state index < -0.39 is 23.0 Å². The number of nitrogens with zero attached hydrogens (tertiary/aromatic N) is 1. The third-order valence-electron chi connectivity index (χ3n) is 2.15. The second-order valence-electron chi connectivity index (χ2n) is 3.40. The Balaban J connectivity index is 2.99. The van der Waals surface area contributed by atoms with Gasteiger partial charge in [0.2, 0.25) is 0 Å². The molecule has 1 N–H and O–H groups in total. The predicted octanol–water partition coefficient (Wildman–Crippen LogP) is 2.41. The number of nitrogens with one attached hydrogen (secondary N) is 1. The molecule has 18 heavy (non-hydrogen) atoms. The van der Waals surface area contributed by atoms with Gasteiger partial charge < -0.3 is 4.42 Å². The first-order valence-electron chi connectivity index (χ1n) is 5.05. The molecular formula is C12H12F2N2O2. The number of halogens is 2. The van der Waals surface area contributed by atoms with Gasteiger partial charge in [0.25, 0.3) is 5.68 Å². The van der Waals surface area contributed by atoms with Crippen LogP contribution in [-0.2, 0) is 11.3 Å². The molecule has 1 aromatic heterocycles. The number of rotatable bonds is 5. The highest BCUT2D eigenvalue weighted by Crippen LogP contribution is 2.15. The molecule has 0 aliphatic heterocycles. The van der Waals surface area contributed by atoms with Gasteiger partial charge in [0, 0.05) is 6.20 Å². The second kappa shape index (κ2) is 5.90. The summed E-state index contributed by atoms with van der Waals surface area (Å²) in [5, 5.41) is 7.29. The van der Waals surface area contributed by atoms with Crippen molar-refractivity contribution in [1.82, 2.24) is 4.57 Å². The molecule has 0 saturated heterocycles. The van der Waals surface area contributed by atoms with Gasteiger partial charge in [-0.25, -0.2) is 8.78 Å². The molecule has 0 fully saturated rings. The maximum absolute atomic E-state index is 13.1. The number of Topliss-reactive ketones (excluding diaryl/α,β-unsaturated/α-hetero) is 1. The summed E-state index contributed by atoms with van der Waals surface area (Å²) in [6.07, 6.45) is 4.44. The quantitative estimate of drug-likeness (QED) is 0.648. The van der Waals surface area contributed by atoms with Crippen LogP contribution in [-0.4, -0.2) is 10.4 Å². The van der Waals surface area contributed by atoms with E-state index in [0.29, 0.717) is 0 Å². The number of carbonyl (C=O) groups excluding carboxylic acids is 1. The highest BCUT2D eigenvalue weighted by atomic mass is 19.1. The van der Waals surface area contributed by atoms with Crippen LogP contribution < -0.4 is 5.68 Å². The first-order valence-corrected chi connectivity index (χ1v) is 5.05. The molecule has 1 rings (SSSR count). The average Bonchev–Trinajstić information content (AvgIpc) is 2.71. The molecule has 6 heteroatoms. The maximum atomic E-state index is 13.1. The molecule has 1 aromatic rings. The van der Waals surface area contributed by atoms with E-state index in [1.807, 2.05) is 0 Å². The van der Waals surface area contributed by atoms with Gasteiger partial charge in [0.05, 0.1) is 12.1 Å². The van der Waals surface area contributed by atoms with Crippen molar-refractivity contribution in [3.8, 4) is 0 Å². The van der Waals surface area contributed by atoms with Crippen molar-refractivity contribution in [1.29, 1.82) is 5.41 Å². The maximum Gasteiger partial charge on any atom is 0.294 e. The number of oxazole rings is 1. The molecule has 0 saturated carbocycles. The Labute approximate surface area is 102 Å². The third kappa shape index (κ3) is 3.38. The minimum atomic E-state index is -1.02. The van der Waals surface area contributed by atoms with E-state index in [4.69, 9.17) is 5.41 Å². The first kappa shape index (κ1) is 13.8. The van der Waals surface area contributed by atoms with Crippen LogP contribution in [0.4, 0.5) is 8.78 Å². The average molecular weight is 254 g/mol. The molecular weight excluding hydrogens is 242 g/mol. The van der Waals surface area contributed by atoms with E-state index in [0.717, 1.165) is 16.7 Å². The number of ketones is 1. The fourth-order valence-electron chi connectivity index (χ4n) is 1.20. The first-order chi connectivity index (χ1) is 8.45. The van der Waals surface area contributed by atoms with Crippen molar-refractivity contribution in [3.63, 3.8) is 0 Å². The Morgan fingerprint density at radius 3 is 2.72 bits per heavy atom. The van der Waals surface area contributed by atoms with E-state index in [-0.39, 0.29) is 12.2 Å². The number of carbonyl (C=O) groups is 1. The van der Waals surface area contributed by atoms with E-state index in [1.54, 1.807) is 0 Å². The SMILES string of the molecule is C=C(F)/C(=C\C(F)=C/C)C(=O)Cn1ccoc1=N. The minimum Gasteiger partial charge on any atom is -0.432 e. The van der Waals surface area contributed by atoms with Crippen molar-refractivity contribution in [2.75, 3.05) is 0 Å². The molecule has 0 amide bonds. The minimum absolute atomic E-state index is 0.251. The number of allylic oxidation sites excluding steroid dienone is 5. The third-order valence-corrected chi connectivity index (χ3v) is 2.15. The zero-order valence-electron chi connectivity index (χ0n) is 9.74. The Hall–Kier alpha value is -2.24. The van der Waals surface area contributed by atoms with Crippen molar-refractivity contribution < 1.29 is 18.0 Å². The number of aromatic nitrogens is 1. The lowest BCUT2D eigenvalue weighted by Gasteiger charge is -2.03. The Bertz CT molecular complexity index is 579. The zero-order valence-corrected chi connectivity index (χ0v) is 9.74. The molecule has 0 aromatic carbocycles. The van der Waals surface area contributed by atoms with Gasteiger partial charge in [-0.2, -0.15) is 0 Å².